The number of aryl methyl sites for hydroxylation is 1. The summed E-state index contributed by atoms with van der Waals surface area (Å²) in [5, 5.41) is 3.41. The smallest absolute Gasteiger partial charge is 0.239 e. The zero-order valence-corrected chi connectivity index (χ0v) is 12.1. The van der Waals surface area contributed by atoms with E-state index in [2.05, 4.69) is 17.2 Å². The average Bonchev–Trinajstić information content (AvgIpc) is 3.17. The van der Waals surface area contributed by atoms with E-state index in [4.69, 9.17) is 5.73 Å². The molecule has 0 spiro atoms. The molecule has 1 atom stereocenters. The fraction of sp³-hybridized carbons (Fsp3) is 0.714. The highest BCUT2D eigenvalue weighted by molar-refractivity contribution is 5.85. The van der Waals surface area contributed by atoms with E-state index in [-0.39, 0.29) is 5.91 Å². The van der Waals surface area contributed by atoms with Crippen LogP contribution in [0.3, 0.4) is 0 Å². The van der Waals surface area contributed by atoms with Gasteiger partial charge in [0.25, 0.3) is 0 Å². The van der Waals surface area contributed by atoms with Crippen molar-refractivity contribution in [2.24, 2.45) is 11.7 Å². The molecule has 1 saturated carbocycles. The zero-order valence-electron chi connectivity index (χ0n) is 12.1. The summed E-state index contributed by atoms with van der Waals surface area (Å²) < 4.78 is 2.04. The minimum Gasteiger partial charge on any atom is -0.368 e. The number of imidazole rings is 1. The van der Waals surface area contributed by atoms with Crippen LogP contribution in [0.15, 0.2) is 6.33 Å². The first-order chi connectivity index (χ1) is 9.01. The second-order valence-corrected chi connectivity index (χ2v) is 5.58. The van der Waals surface area contributed by atoms with E-state index in [0.29, 0.717) is 12.5 Å². The number of amides is 1. The molecule has 106 valence electrons. The Morgan fingerprint density at radius 2 is 2.26 bits per heavy atom. The van der Waals surface area contributed by atoms with Crippen molar-refractivity contribution >= 4 is 5.91 Å². The molecule has 5 nitrogen and oxygen atoms in total. The van der Waals surface area contributed by atoms with Crippen LogP contribution in [-0.2, 0) is 11.3 Å². The van der Waals surface area contributed by atoms with Crippen LogP contribution >= 0.6 is 0 Å². The summed E-state index contributed by atoms with van der Waals surface area (Å²) in [6.45, 7) is 7.50. The highest BCUT2D eigenvalue weighted by Gasteiger charge is 2.49. The Hall–Kier alpha value is -1.36. The molecule has 0 bridgehead atoms. The van der Waals surface area contributed by atoms with E-state index < -0.39 is 5.54 Å². The van der Waals surface area contributed by atoms with Gasteiger partial charge < -0.3 is 15.6 Å². The molecule has 1 aliphatic carbocycles. The lowest BCUT2D eigenvalue weighted by molar-refractivity contribution is -0.126. The third-order valence-corrected chi connectivity index (χ3v) is 4.17. The molecule has 1 amide bonds. The Bertz CT molecular complexity index is 464. The number of rotatable bonds is 7. The fourth-order valence-electron chi connectivity index (χ4n) is 2.59. The Kier molecular flexibility index (Phi) is 3.94. The minimum absolute atomic E-state index is 0.241. The van der Waals surface area contributed by atoms with Gasteiger partial charge in [0.15, 0.2) is 0 Å². The van der Waals surface area contributed by atoms with Crippen molar-refractivity contribution in [3.05, 3.63) is 17.7 Å². The molecular formula is C14H24N4O. The van der Waals surface area contributed by atoms with Gasteiger partial charge in [0.1, 0.15) is 5.54 Å². The SMILES string of the molecule is CCCNC(Cn1cnc(C)c1C)(C(N)=O)C1CC1. The number of carbonyl (C=O) groups excluding carboxylic acids is 1. The van der Waals surface area contributed by atoms with Crippen LogP contribution in [0.25, 0.3) is 0 Å². The lowest BCUT2D eigenvalue weighted by Gasteiger charge is -2.33. The molecule has 1 fully saturated rings. The maximum Gasteiger partial charge on any atom is 0.239 e. The summed E-state index contributed by atoms with van der Waals surface area (Å²) in [7, 11) is 0. The number of hydrogen-bond donors (Lipinski definition) is 2. The lowest BCUT2D eigenvalue weighted by atomic mass is 9.91. The van der Waals surface area contributed by atoms with Crippen molar-refractivity contribution in [3.8, 4) is 0 Å². The first kappa shape index (κ1) is 14.1. The van der Waals surface area contributed by atoms with Gasteiger partial charge in [-0.15, -0.1) is 0 Å². The summed E-state index contributed by atoms with van der Waals surface area (Å²) in [4.78, 5) is 16.4. The van der Waals surface area contributed by atoms with Gasteiger partial charge in [-0.1, -0.05) is 6.92 Å². The van der Waals surface area contributed by atoms with Crippen molar-refractivity contribution < 1.29 is 4.79 Å². The number of nitrogens with two attached hydrogens (primary N) is 1. The van der Waals surface area contributed by atoms with E-state index in [1.54, 1.807) is 6.33 Å². The molecule has 0 radical (unpaired) electrons. The fourth-order valence-corrected chi connectivity index (χ4v) is 2.59. The molecule has 1 aliphatic rings. The first-order valence-corrected chi connectivity index (χ1v) is 7.04. The Labute approximate surface area is 114 Å². The predicted molar refractivity (Wildman–Crippen MR) is 74.6 cm³/mol. The van der Waals surface area contributed by atoms with Gasteiger partial charge in [-0.05, 0) is 45.6 Å². The second-order valence-electron chi connectivity index (χ2n) is 5.58. The summed E-state index contributed by atoms with van der Waals surface area (Å²) in [5.74, 6) is 0.118. The van der Waals surface area contributed by atoms with Gasteiger partial charge in [0.2, 0.25) is 5.91 Å². The van der Waals surface area contributed by atoms with Gasteiger partial charge in [-0.25, -0.2) is 4.98 Å². The number of nitrogens with one attached hydrogen (secondary N) is 1. The maximum atomic E-state index is 12.1. The second kappa shape index (κ2) is 5.33. The largest absolute Gasteiger partial charge is 0.368 e. The van der Waals surface area contributed by atoms with Gasteiger partial charge in [0.05, 0.1) is 18.6 Å². The van der Waals surface area contributed by atoms with E-state index in [9.17, 15) is 4.79 Å². The van der Waals surface area contributed by atoms with Crippen LogP contribution in [0, 0.1) is 19.8 Å². The molecule has 5 heteroatoms. The maximum absolute atomic E-state index is 12.1. The highest BCUT2D eigenvalue weighted by Crippen LogP contribution is 2.41. The summed E-state index contributed by atoms with van der Waals surface area (Å²) in [6, 6.07) is 0. The van der Waals surface area contributed by atoms with E-state index in [1.807, 2.05) is 18.4 Å². The Morgan fingerprint density at radius 1 is 1.58 bits per heavy atom. The third-order valence-electron chi connectivity index (χ3n) is 4.17. The monoisotopic (exact) mass is 264 g/mol. The van der Waals surface area contributed by atoms with Crippen molar-refractivity contribution in [1.29, 1.82) is 0 Å². The predicted octanol–water partition coefficient (Wildman–Crippen LogP) is 1.13. The molecule has 19 heavy (non-hydrogen) atoms. The molecular weight excluding hydrogens is 240 g/mol. The van der Waals surface area contributed by atoms with Gasteiger partial charge >= 0.3 is 0 Å². The number of primary amides is 1. The standard InChI is InChI=1S/C14H24N4O/c1-4-7-17-14(13(15)19,12-5-6-12)8-18-9-16-10(2)11(18)3/h9,12,17H,4-8H2,1-3H3,(H2,15,19). The van der Waals surface area contributed by atoms with Crippen LogP contribution in [0.4, 0.5) is 0 Å². The summed E-state index contributed by atoms with van der Waals surface area (Å²) >= 11 is 0. The van der Waals surface area contributed by atoms with Gasteiger partial charge in [0, 0.05) is 5.69 Å². The number of hydrogen-bond acceptors (Lipinski definition) is 3. The topological polar surface area (TPSA) is 72.9 Å². The van der Waals surface area contributed by atoms with Crippen LogP contribution in [0.2, 0.25) is 0 Å². The van der Waals surface area contributed by atoms with Gasteiger partial charge in [-0.3, -0.25) is 4.79 Å². The molecule has 0 aliphatic heterocycles. The van der Waals surface area contributed by atoms with Crippen molar-refractivity contribution in [3.63, 3.8) is 0 Å². The number of aromatic nitrogens is 2. The van der Waals surface area contributed by atoms with Crippen molar-refractivity contribution in [2.75, 3.05) is 6.54 Å². The Morgan fingerprint density at radius 3 is 2.68 bits per heavy atom. The molecule has 0 saturated heterocycles. The molecule has 3 N–H and O–H groups in total. The quantitative estimate of drug-likeness (QED) is 0.775. The molecule has 1 aromatic rings. The molecule has 1 unspecified atom stereocenters. The zero-order chi connectivity index (χ0) is 14.0. The van der Waals surface area contributed by atoms with Crippen molar-refractivity contribution in [2.45, 2.75) is 52.1 Å². The average molecular weight is 264 g/mol. The van der Waals surface area contributed by atoms with Crippen LogP contribution in [0.5, 0.6) is 0 Å². The number of nitrogens with zero attached hydrogens (tertiary/aromatic N) is 2. The molecule has 1 heterocycles. The highest BCUT2D eigenvalue weighted by atomic mass is 16.1. The summed E-state index contributed by atoms with van der Waals surface area (Å²) in [6.07, 6.45) is 4.95. The van der Waals surface area contributed by atoms with E-state index >= 15 is 0 Å². The normalized spacial score (nSPS) is 18.3. The molecule has 1 aromatic heterocycles. The first-order valence-electron chi connectivity index (χ1n) is 7.04. The van der Waals surface area contributed by atoms with Gasteiger partial charge in [-0.2, -0.15) is 0 Å². The van der Waals surface area contributed by atoms with Crippen LogP contribution < -0.4 is 11.1 Å². The van der Waals surface area contributed by atoms with Crippen LogP contribution in [0.1, 0.15) is 37.6 Å². The lowest BCUT2D eigenvalue weighted by Crippen LogP contribution is -2.60. The number of carbonyl (C=O) groups is 1. The van der Waals surface area contributed by atoms with Crippen molar-refractivity contribution in [1.82, 2.24) is 14.9 Å². The van der Waals surface area contributed by atoms with E-state index in [0.717, 1.165) is 37.2 Å². The summed E-state index contributed by atoms with van der Waals surface area (Å²) in [5.41, 5.74) is 7.21. The molecule has 0 aromatic carbocycles. The van der Waals surface area contributed by atoms with E-state index in [1.165, 1.54) is 0 Å². The third kappa shape index (κ3) is 2.66. The minimum atomic E-state index is -0.617. The van der Waals surface area contributed by atoms with Crippen LogP contribution in [-0.4, -0.2) is 27.5 Å². The Balaban J connectivity index is 2.26. The molecule has 2 rings (SSSR count).